The van der Waals surface area contributed by atoms with Crippen LogP contribution < -0.4 is 4.74 Å². The molecule has 0 spiro atoms. The van der Waals surface area contributed by atoms with E-state index in [9.17, 15) is 10.4 Å². The fourth-order valence-electron chi connectivity index (χ4n) is 3.75. The van der Waals surface area contributed by atoms with Crippen molar-refractivity contribution in [3.8, 4) is 28.7 Å². The summed E-state index contributed by atoms with van der Waals surface area (Å²) in [4.78, 5) is 2.25. The lowest BCUT2D eigenvalue weighted by Gasteiger charge is -2.20. The standard InChI is InChI=1S/C24H22N2O2/c1-17-6-2-5-9-22(17)20-12-21-16-26(10-11-28-24(21)23(27)13-20)15-19-8-4-3-7-18(19)14-25/h2-9,12-13,27H,10-11,15-16H2,1H3. The van der Waals surface area contributed by atoms with Crippen molar-refractivity contribution in [1.29, 1.82) is 5.26 Å². The number of benzene rings is 3. The van der Waals surface area contributed by atoms with Gasteiger partial charge < -0.3 is 9.84 Å². The van der Waals surface area contributed by atoms with Gasteiger partial charge in [0.2, 0.25) is 0 Å². The van der Waals surface area contributed by atoms with Gasteiger partial charge in [0.25, 0.3) is 0 Å². The molecule has 0 saturated carbocycles. The first-order chi connectivity index (χ1) is 13.7. The van der Waals surface area contributed by atoms with Crippen LogP contribution in [0.3, 0.4) is 0 Å². The molecule has 4 heteroatoms. The summed E-state index contributed by atoms with van der Waals surface area (Å²) in [6.07, 6.45) is 0. The summed E-state index contributed by atoms with van der Waals surface area (Å²) >= 11 is 0. The normalized spacial score (nSPS) is 13.9. The topological polar surface area (TPSA) is 56.5 Å². The van der Waals surface area contributed by atoms with Crippen LogP contribution in [0.4, 0.5) is 0 Å². The molecule has 140 valence electrons. The maximum absolute atomic E-state index is 10.6. The molecule has 0 bridgehead atoms. The van der Waals surface area contributed by atoms with Crippen LogP contribution in [0.15, 0.2) is 60.7 Å². The molecule has 4 nitrogen and oxygen atoms in total. The third-order valence-corrected chi connectivity index (χ3v) is 5.18. The third kappa shape index (κ3) is 3.58. The van der Waals surface area contributed by atoms with E-state index in [1.165, 1.54) is 0 Å². The van der Waals surface area contributed by atoms with Crippen molar-refractivity contribution >= 4 is 0 Å². The van der Waals surface area contributed by atoms with Gasteiger partial charge in [-0.05, 0) is 47.4 Å². The molecule has 0 aliphatic carbocycles. The number of hydrogen-bond donors (Lipinski definition) is 1. The van der Waals surface area contributed by atoms with Crippen molar-refractivity contribution in [2.45, 2.75) is 20.0 Å². The molecular formula is C24H22N2O2. The maximum atomic E-state index is 10.6. The van der Waals surface area contributed by atoms with Gasteiger partial charge in [0, 0.05) is 25.2 Å². The van der Waals surface area contributed by atoms with E-state index in [1.54, 1.807) is 6.07 Å². The second kappa shape index (κ2) is 7.75. The number of nitriles is 1. The molecule has 0 radical (unpaired) electrons. The lowest BCUT2D eigenvalue weighted by Crippen LogP contribution is -2.25. The van der Waals surface area contributed by atoms with Crippen molar-refractivity contribution in [2.24, 2.45) is 0 Å². The Morgan fingerprint density at radius 2 is 1.89 bits per heavy atom. The Hall–Kier alpha value is -3.29. The minimum Gasteiger partial charge on any atom is -0.504 e. The summed E-state index contributed by atoms with van der Waals surface area (Å²) in [5.74, 6) is 0.739. The summed E-state index contributed by atoms with van der Waals surface area (Å²) in [7, 11) is 0. The molecule has 4 rings (SSSR count). The van der Waals surface area contributed by atoms with Gasteiger partial charge in [0.1, 0.15) is 6.61 Å². The Morgan fingerprint density at radius 1 is 1.11 bits per heavy atom. The zero-order valence-corrected chi connectivity index (χ0v) is 15.9. The van der Waals surface area contributed by atoms with Gasteiger partial charge >= 0.3 is 0 Å². The van der Waals surface area contributed by atoms with E-state index in [1.807, 2.05) is 36.4 Å². The number of aryl methyl sites for hydroxylation is 1. The van der Waals surface area contributed by atoms with Gasteiger partial charge in [0.05, 0.1) is 11.6 Å². The number of rotatable bonds is 3. The van der Waals surface area contributed by atoms with E-state index < -0.39 is 0 Å². The summed E-state index contributed by atoms with van der Waals surface area (Å²) < 4.78 is 5.87. The van der Waals surface area contributed by atoms with Crippen LogP contribution >= 0.6 is 0 Å². The van der Waals surface area contributed by atoms with Crippen LogP contribution in [0.2, 0.25) is 0 Å². The van der Waals surface area contributed by atoms with Crippen molar-refractivity contribution in [3.05, 3.63) is 82.9 Å². The Labute approximate surface area is 165 Å². The summed E-state index contributed by atoms with van der Waals surface area (Å²) in [5.41, 5.74) is 5.92. The van der Waals surface area contributed by atoms with Gasteiger partial charge in [-0.1, -0.05) is 42.5 Å². The Balaban J connectivity index is 1.67. The molecule has 3 aromatic carbocycles. The average molecular weight is 370 g/mol. The van der Waals surface area contributed by atoms with Gasteiger partial charge in [-0.15, -0.1) is 0 Å². The molecule has 0 aromatic heterocycles. The Bertz CT molecular complexity index is 1050. The van der Waals surface area contributed by atoms with Crippen molar-refractivity contribution in [3.63, 3.8) is 0 Å². The first-order valence-electron chi connectivity index (χ1n) is 9.41. The SMILES string of the molecule is Cc1ccccc1-c1cc(O)c2c(c1)CN(Cc1ccccc1C#N)CCO2. The largest absolute Gasteiger partial charge is 0.504 e. The summed E-state index contributed by atoms with van der Waals surface area (Å²) in [6.45, 7) is 4.62. The molecule has 28 heavy (non-hydrogen) atoms. The fourth-order valence-corrected chi connectivity index (χ4v) is 3.75. The average Bonchev–Trinajstić information content (AvgIpc) is 2.91. The Morgan fingerprint density at radius 3 is 2.71 bits per heavy atom. The van der Waals surface area contributed by atoms with Gasteiger partial charge in [0.15, 0.2) is 11.5 Å². The second-order valence-electron chi connectivity index (χ2n) is 7.13. The van der Waals surface area contributed by atoms with E-state index in [2.05, 4.69) is 36.1 Å². The molecule has 1 aliphatic heterocycles. The minimum absolute atomic E-state index is 0.176. The molecule has 0 unspecified atom stereocenters. The number of phenolic OH excluding ortho intramolecular Hbond substituents is 1. The predicted molar refractivity (Wildman–Crippen MR) is 109 cm³/mol. The van der Waals surface area contributed by atoms with Crippen LogP contribution in [0, 0.1) is 18.3 Å². The second-order valence-corrected chi connectivity index (χ2v) is 7.13. The first-order valence-corrected chi connectivity index (χ1v) is 9.41. The van der Waals surface area contributed by atoms with E-state index in [0.717, 1.165) is 34.4 Å². The van der Waals surface area contributed by atoms with E-state index in [0.29, 0.717) is 31.0 Å². The van der Waals surface area contributed by atoms with E-state index in [4.69, 9.17) is 4.74 Å². The quantitative estimate of drug-likeness (QED) is 0.730. The van der Waals surface area contributed by atoms with Crippen molar-refractivity contribution in [1.82, 2.24) is 4.90 Å². The lowest BCUT2D eigenvalue weighted by molar-refractivity contribution is 0.217. The summed E-state index contributed by atoms with van der Waals surface area (Å²) in [5, 5.41) is 19.9. The molecule has 1 heterocycles. The van der Waals surface area contributed by atoms with Crippen LogP contribution in [0.25, 0.3) is 11.1 Å². The minimum atomic E-state index is 0.176. The third-order valence-electron chi connectivity index (χ3n) is 5.18. The predicted octanol–water partition coefficient (Wildman–Crippen LogP) is 4.63. The monoisotopic (exact) mass is 370 g/mol. The molecule has 0 fully saturated rings. The van der Waals surface area contributed by atoms with Gasteiger partial charge in [-0.2, -0.15) is 5.26 Å². The highest BCUT2D eigenvalue weighted by Crippen LogP contribution is 2.38. The van der Waals surface area contributed by atoms with Crippen molar-refractivity contribution in [2.75, 3.05) is 13.2 Å². The van der Waals surface area contributed by atoms with Gasteiger partial charge in [-0.3, -0.25) is 4.90 Å². The molecule has 0 amide bonds. The van der Waals surface area contributed by atoms with Crippen LogP contribution in [0.1, 0.15) is 22.3 Å². The van der Waals surface area contributed by atoms with Crippen LogP contribution in [-0.4, -0.2) is 23.2 Å². The highest BCUT2D eigenvalue weighted by atomic mass is 16.5. The maximum Gasteiger partial charge on any atom is 0.165 e. The lowest BCUT2D eigenvalue weighted by atomic mass is 9.97. The zero-order valence-electron chi connectivity index (χ0n) is 15.9. The highest BCUT2D eigenvalue weighted by Gasteiger charge is 2.21. The number of aromatic hydroxyl groups is 1. The highest BCUT2D eigenvalue weighted by molar-refractivity contribution is 5.71. The van der Waals surface area contributed by atoms with Crippen LogP contribution in [-0.2, 0) is 13.1 Å². The number of ether oxygens (including phenoxy) is 1. The zero-order chi connectivity index (χ0) is 19.5. The molecule has 0 saturated heterocycles. The molecular weight excluding hydrogens is 348 g/mol. The summed E-state index contributed by atoms with van der Waals surface area (Å²) in [6, 6.07) is 22.0. The first kappa shape index (κ1) is 18.1. The van der Waals surface area contributed by atoms with Gasteiger partial charge in [-0.25, -0.2) is 0 Å². The number of fused-ring (bicyclic) bond motifs is 1. The Kier molecular flexibility index (Phi) is 5.01. The number of nitrogens with zero attached hydrogens (tertiary/aromatic N) is 2. The molecule has 1 aliphatic rings. The number of phenols is 1. The molecule has 0 atom stereocenters. The van der Waals surface area contributed by atoms with E-state index in [-0.39, 0.29) is 5.75 Å². The molecule has 1 N–H and O–H groups in total. The number of hydrogen-bond acceptors (Lipinski definition) is 4. The van der Waals surface area contributed by atoms with E-state index >= 15 is 0 Å². The fraction of sp³-hybridized carbons (Fsp3) is 0.208. The molecule has 3 aromatic rings. The van der Waals surface area contributed by atoms with Crippen molar-refractivity contribution < 1.29 is 9.84 Å². The smallest absolute Gasteiger partial charge is 0.165 e. The van der Waals surface area contributed by atoms with Crippen LogP contribution in [0.5, 0.6) is 11.5 Å².